The zero-order valence-electron chi connectivity index (χ0n) is 28.9. The van der Waals surface area contributed by atoms with E-state index in [0.29, 0.717) is 42.4 Å². The Labute approximate surface area is 300 Å². The van der Waals surface area contributed by atoms with E-state index in [1.165, 1.54) is 24.3 Å². The summed E-state index contributed by atoms with van der Waals surface area (Å²) in [7, 11) is 1.96. The number of amides is 1. The van der Waals surface area contributed by atoms with Gasteiger partial charge in [0.15, 0.2) is 36.2 Å². The first-order valence-corrected chi connectivity index (χ1v) is 17.5. The molecule has 274 valence electrons. The highest BCUT2D eigenvalue weighted by Crippen LogP contribution is 2.40. The van der Waals surface area contributed by atoms with Gasteiger partial charge in [-0.3, -0.25) is 14.2 Å². The third-order valence-corrected chi connectivity index (χ3v) is 10.0. The Morgan fingerprint density at radius 2 is 1.58 bits per heavy atom. The highest BCUT2D eigenvalue weighted by atomic mass is 32.2. The first-order chi connectivity index (χ1) is 25.1. The number of ether oxygens (including phenoxy) is 6. The van der Waals surface area contributed by atoms with Crippen molar-refractivity contribution in [3.8, 4) is 40.7 Å². The third-order valence-electron chi connectivity index (χ3n) is 8.31. The Morgan fingerprint density at radius 3 is 2.29 bits per heavy atom. The Bertz CT molecular complexity index is 2070. The molecule has 5 rings (SSSR count). The molecule has 1 aliphatic heterocycles. The van der Waals surface area contributed by atoms with Crippen LogP contribution in [0.15, 0.2) is 75.2 Å². The van der Waals surface area contributed by atoms with Crippen LogP contribution in [-0.2, 0) is 37.0 Å². The van der Waals surface area contributed by atoms with E-state index in [-0.39, 0.29) is 47.8 Å². The number of methoxy groups -OCH3 is 4. The predicted molar refractivity (Wildman–Crippen MR) is 182 cm³/mol. The van der Waals surface area contributed by atoms with E-state index in [9.17, 15) is 23.2 Å². The molecule has 0 saturated carbocycles. The second kappa shape index (κ2) is 16.8. The smallest absolute Gasteiger partial charge is 0.415 e. The van der Waals surface area contributed by atoms with E-state index >= 15 is 0 Å². The van der Waals surface area contributed by atoms with Gasteiger partial charge in [0.25, 0.3) is 9.84 Å². The Morgan fingerprint density at radius 1 is 0.904 bits per heavy atom. The maximum absolute atomic E-state index is 13.6. The number of fused-ring (bicyclic) bond motifs is 1. The van der Waals surface area contributed by atoms with Crippen LogP contribution in [0, 0.1) is 17.0 Å². The van der Waals surface area contributed by atoms with Crippen LogP contribution in [0.25, 0.3) is 0 Å². The molecule has 1 amide bonds. The SMILES string of the molecule is COc1ccc(CC2c3cc(OC)c(OC)cc3CCN2C(=O)CCC(=O)OCC#CCOc2no[n+]([O-])c2S(=O)(=O)c2ccccc2)cc1OC. The van der Waals surface area contributed by atoms with Crippen LogP contribution in [-0.4, -0.2) is 78.5 Å². The largest absolute Gasteiger partial charge is 0.493 e. The monoisotopic (exact) mass is 735 g/mol. The van der Waals surface area contributed by atoms with Crippen LogP contribution < -0.4 is 28.6 Å². The van der Waals surface area contributed by atoms with Gasteiger partial charge < -0.3 is 38.5 Å². The summed E-state index contributed by atoms with van der Waals surface area (Å²) in [6.07, 6.45) is 0.757. The molecule has 0 radical (unpaired) electrons. The number of hydrogen-bond donors (Lipinski definition) is 0. The van der Waals surface area contributed by atoms with Gasteiger partial charge in [0, 0.05) is 13.0 Å². The highest BCUT2D eigenvalue weighted by Gasteiger charge is 2.36. The van der Waals surface area contributed by atoms with Crippen LogP contribution in [0.5, 0.6) is 28.9 Å². The molecule has 2 heterocycles. The molecule has 0 N–H and O–H groups in total. The molecule has 0 bridgehead atoms. The summed E-state index contributed by atoms with van der Waals surface area (Å²) < 4.78 is 62.6. The topological polar surface area (TPSA) is 180 Å². The van der Waals surface area contributed by atoms with Crippen molar-refractivity contribution in [1.82, 2.24) is 10.1 Å². The molecule has 1 atom stereocenters. The molecule has 0 fully saturated rings. The van der Waals surface area contributed by atoms with E-state index in [1.807, 2.05) is 30.3 Å². The number of esters is 1. The fraction of sp³-hybridized carbons (Fsp3) is 0.333. The number of rotatable bonds is 14. The lowest BCUT2D eigenvalue weighted by Gasteiger charge is -2.38. The fourth-order valence-electron chi connectivity index (χ4n) is 5.77. The summed E-state index contributed by atoms with van der Waals surface area (Å²) in [5.74, 6) is 5.98. The maximum atomic E-state index is 13.6. The van der Waals surface area contributed by atoms with Crippen molar-refractivity contribution < 1.29 is 56.0 Å². The average Bonchev–Trinajstić information content (AvgIpc) is 3.55. The quantitative estimate of drug-likeness (QED) is 0.105. The second-order valence-corrected chi connectivity index (χ2v) is 13.2. The van der Waals surface area contributed by atoms with E-state index in [2.05, 4.69) is 21.6 Å². The van der Waals surface area contributed by atoms with Gasteiger partial charge in [-0.05, 0) is 70.8 Å². The first kappa shape index (κ1) is 37.3. The minimum atomic E-state index is -4.28. The highest BCUT2D eigenvalue weighted by molar-refractivity contribution is 7.91. The minimum Gasteiger partial charge on any atom is -0.493 e. The summed E-state index contributed by atoms with van der Waals surface area (Å²) in [6, 6.07) is 16.3. The second-order valence-electron chi connectivity index (χ2n) is 11.3. The van der Waals surface area contributed by atoms with Crippen LogP contribution >= 0.6 is 0 Å². The van der Waals surface area contributed by atoms with Gasteiger partial charge in [-0.15, -0.1) is 0 Å². The lowest BCUT2D eigenvalue weighted by molar-refractivity contribution is -0.832. The molecule has 16 heteroatoms. The molecule has 52 heavy (non-hydrogen) atoms. The number of aromatic nitrogens is 2. The fourth-order valence-corrected chi connectivity index (χ4v) is 7.06. The third kappa shape index (κ3) is 8.32. The molecule has 1 aliphatic rings. The van der Waals surface area contributed by atoms with Gasteiger partial charge in [0.05, 0.1) is 51.0 Å². The van der Waals surface area contributed by atoms with Gasteiger partial charge in [0.2, 0.25) is 5.91 Å². The summed E-state index contributed by atoms with van der Waals surface area (Å²) >= 11 is 0. The zero-order valence-corrected chi connectivity index (χ0v) is 29.8. The van der Waals surface area contributed by atoms with Crippen molar-refractivity contribution in [2.24, 2.45) is 0 Å². The molecule has 1 aromatic heterocycles. The molecule has 3 aromatic carbocycles. The van der Waals surface area contributed by atoms with Gasteiger partial charge in [-0.1, -0.05) is 36.1 Å². The van der Waals surface area contributed by atoms with Crippen LogP contribution in [0.3, 0.4) is 0 Å². The number of carbonyl (C=O) groups excluding carboxylic acids is 2. The normalized spacial score (nSPS) is 13.6. The van der Waals surface area contributed by atoms with Crippen LogP contribution in [0.2, 0.25) is 0 Å². The molecule has 15 nitrogen and oxygen atoms in total. The molecule has 0 saturated heterocycles. The Kier molecular flexibility index (Phi) is 12.1. The van der Waals surface area contributed by atoms with E-state index < -0.39 is 26.7 Å². The first-order valence-electron chi connectivity index (χ1n) is 16.0. The molecular weight excluding hydrogens is 698 g/mol. The summed E-state index contributed by atoms with van der Waals surface area (Å²) in [4.78, 5) is 27.6. The van der Waals surface area contributed by atoms with Crippen LogP contribution in [0.4, 0.5) is 0 Å². The van der Waals surface area contributed by atoms with E-state index in [0.717, 1.165) is 16.7 Å². The van der Waals surface area contributed by atoms with Gasteiger partial charge in [0.1, 0.15) is 0 Å². The van der Waals surface area contributed by atoms with Crippen molar-refractivity contribution in [1.29, 1.82) is 0 Å². The predicted octanol–water partition coefficient (Wildman–Crippen LogP) is 3.25. The van der Waals surface area contributed by atoms with Crippen molar-refractivity contribution in [3.05, 3.63) is 82.6 Å². The lowest BCUT2D eigenvalue weighted by Crippen LogP contribution is -2.41. The van der Waals surface area contributed by atoms with Crippen molar-refractivity contribution >= 4 is 21.7 Å². The molecule has 1 unspecified atom stereocenters. The summed E-state index contributed by atoms with van der Waals surface area (Å²) in [5.41, 5.74) is 2.85. The number of benzene rings is 3. The molecule has 0 aliphatic carbocycles. The summed E-state index contributed by atoms with van der Waals surface area (Å²) in [5, 5.41) is 14.6. The molecule has 4 aromatic rings. The van der Waals surface area contributed by atoms with Crippen molar-refractivity contribution in [2.75, 3.05) is 48.2 Å². The van der Waals surface area contributed by atoms with Gasteiger partial charge in [-0.25, -0.2) is 8.42 Å². The number of carbonyl (C=O) groups is 2. The van der Waals surface area contributed by atoms with Crippen LogP contribution in [0.1, 0.15) is 35.6 Å². The van der Waals surface area contributed by atoms with E-state index in [1.54, 1.807) is 39.4 Å². The maximum Gasteiger partial charge on any atom is 0.415 e. The minimum absolute atomic E-state index is 0.0968. The number of hydrogen-bond acceptors (Lipinski definition) is 13. The number of nitrogens with zero attached hydrogens (tertiary/aromatic N) is 3. The standard InChI is InChI=1S/C36H37N3O12S/c1-45-29-13-12-24(21-30(29)46-2)20-28-27-23-32(48-4)31(47-3)22-25(27)16-17-38(28)33(40)14-15-34(41)49-18-8-9-19-50-35-36(39(42)51-37-35)52(43,44)26-10-6-5-7-11-26/h5-7,10-13,21-23,28H,14-20H2,1-4H3. The Balaban J connectivity index is 1.19. The summed E-state index contributed by atoms with van der Waals surface area (Å²) in [6.45, 7) is -0.271. The lowest BCUT2D eigenvalue weighted by atomic mass is 9.87. The van der Waals surface area contributed by atoms with E-state index in [4.69, 9.17) is 28.4 Å². The molecule has 0 spiro atoms. The Hall–Kier alpha value is -5.95. The van der Waals surface area contributed by atoms with Crippen molar-refractivity contribution in [3.63, 3.8) is 0 Å². The molecular formula is C36H37N3O12S. The van der Waals surface area contributed by atoms with Gasteiger partial charge >= 0.3 is 16.9 Å². The zero-order chi connectivity index (χ0) is 37.3. The van der Waals surface area contributed by atoms with Crippen molar-refractivity contribution in [2.45, 2.75) is 41.6 Å². The average molecular weight is 736 g/mol. The number of sulfone groups is 1. The van der Waals surface area contributed by atoms with Gasteiger partial charge in [-0.2, -0.15) is 0 Å².